The van der Waals surface area contributed by atoms with Gasteiger partial charge in [0.25, 0.3) is 0 Å². The first-order valence-electron chi connectivity index (χ1n) is 4.37. The molecule has 3 N–H and O–H groups in total. The molecule has 1 aromatic carbocycles. The van der Waals surface area contributed by atoms with E-state index in [0.29, 0.717) is 5.95 Å². The van der Waals surface area contributed by atoms with Gasteiger partial charge in [-0.15, -0.1) is 0 Å². The van der Waals surface area contributed by atoms with Crippen molar-refractivity contribution in [1.29, 1.82) is 0 Å². The first-order valence-corrected chi connectivity index (χ1v) is 5.14. The SMILES string of the molecule is Nc1nsc(-c2n[nH]c3ccccc23)n1. The number of H-pyrrole nitrogens is 1. The molecule has 2 aromatic heterocycles. The van der Waals surface area contributed by atoms with E-state index in [9.17, 15) is 0 Å². The highest BCUT2D eigenvalue weighted by atomic mass is 32.1. The summed E-state index contributed by atoms with van der Waals surface area (Å²) in [4.78, 5) is 4.11. The average molecular weight is 217 g/mol. The van der Waals surface area contributed by atoms with Gasteiger partial charge in [-0.05, 0) is 17.6 Å². The van der Waals surface area contributed by atoms with Gasteiger partial charge in [0.05, 0.1) is 5.52 Å². The summed E-state index contributed by atoms with van der Waals surface area (Å²) in [6.45, 7) is 0. The highest BCUT2D eigenvalue weighted by Gasteiger charge is 2.11. The van der Waals surface area contributed by atoms with E-state index >= 15 is 0 Å². The minimum absolute atomic E-state index is 0.294. The Morgan fingerprint density at radius 3 is 2.93 bits per heavy atom. The van der Waals surface area contributed by atoms with Gasteiger partial charge in [0, 0.05) is 5.39 Å². The number of rotatable bonds is 1. The molecule has 6 heteroatoms. The number of aromatic nitrogens is 4. The van der Waals surface area contributed by atoms with Crippen molar-refractivity contribution >= 4 is 28.4 Å². The number of hydrogen-bond donors (Lipinski definition) is 2. The molecule has 0 atom stereocenters. The van der Waals surface area contributed by atoms with Crippen molar-refractivity contribution in [2.45, 2.75) is 0 Å². The number of nitrogens with one attached hydrogen (secondary N) is 1. The lowest BCUT2D eigenvalue weighted by molar-refractivity contribution is 1.12. The van der Waals surface area contributed by atoms with E-state index in [1.807, 2.05) is 24.3 Å². The van der Waals surface area contributed by atoms with Crippen LogP contribution in [0.1, 0.15) is 0 Å². The van der Waals surface area contributed by atoms with Gasteiger partial charge in [-0.1, -0.05) is 18.2 Å². The molecule has 0 saturated carbocycles. The maximum Gasteiger partial charge on any atom is 0.232 e. The smallest absolute Gasteiger partial charge is 0.232 e. The zero-order chi connectivity index (χ0) is 10.3. The van der Waals surface area contributed by atoms with Crippen LogP contribution in [0.5, 0.6) is 0 Å². The van der Waals surface area contributed by atoms with Crippen LogP contribution in [-0.2, 0) is 0 Å². The summed E-state index contributed by atoms with van der Waals surface area (Å²) in [7, 11) is 0. The Hall–Kier alpha value is -1.95. The second-order valence-electron chi connectivity index (χ2n) is 3.08. The zero-order valence-corrected chi connectivity index (χ0v) is 8.45. The van der Waals surface area contributed by atoms with E-state index in [4.69, 9.17) is 5.73 Å². The Labute approximate surface area is 89.1 Å². The van der Waals surface area contributed by atoms with Gasteiger partial charge < -0.3 is 5.73 Å². The van der Waals surface area contributed by atoms with Crippen LogP contribution in [-0.4, -0.2) is 19.6 Å². The highest BCUT2D eigenvalue weighted by molar-refractivity contribution is 7.09. The van der Waals surface area contributed by atoms with Crippen molar-refractivity contribution in [1.82, 2.24) is 19.6 Å². The molecular weight excluding hydrogens is 210 g/mol. The molecule has 0 radical (unpaired) electrons. The molecule has 0 aliphatic heterocycles. The summed E-state index contributed by atoms with van der Waals surface area (Å²) in [6, 6.07) is 7.88. The summed E-state index contributed by atoms with van der Waals surface area (Å²) >= 11 is 1.25. The monoisotopic (exact) mass is 217 g/mol. The Kier molecular flexibility index (Phi) is 1.69. The van der Waals surface area contributed by atoms with Crippen LogP contribution in [0.4, 0.5) is 5.95 Å². The quantitative estimate of drug-likeness (QED) is 0.649. The number of hydrogen-bond acceptors (Lipinski definition) is 5. The molecule has 0 saturated heterocycles. The molecule has 0 aliphatic rings. The average Bonchev–Trinajstić information content (AvgIpc) is 2.83. The van der Waals surface area contributed by atoms with Crippen LogP contribution in [0, 0.1) is 0 Å². The standard InChI is InChI=1S/C9H7N5S/c10-9-11-8(15-14-9)7-5-3-1-2-4-6(5)12-13-7/h1-4H,(H2,10,14)(H,12,13). The Morgan fingerprint density at radius 1 is 1.27 bits per heavy atom. The van der Waals surface area contributed by atoms with E-state index in [-0.39, 0.29) is 0 Å². The second-order valence-corrected chi connectivity index (χ2v) is 3.83. The van der Waals surface area contributed by atoms with Crippen LogP contribution in [0.25, 0.3) is 21.6 Å². The number of aromatic amines is 1. The summed E-state index contributed by atoms with van der Waals surface area (Å²) in [5, 5.41) is 8.93. The van der Waals surface area contributed by atoms with Crippen LogP contribution >= 0.6 is 11.5 Å². The number of nitrogen functional groups attached to an aromatic ring is 1. The number of nitrogens with two attached hydrogens (primary N) is 1. The Morgan fingerprint density at radius 2 is 2.13 bits per heavy atom. The molecule has 0 bridgehead atoms. The number of benzene rings is 1. The number of anilines is 1. The van der Waals surface area contributed by atoms with Gasteiger partial charge in [-0.2, -0.15) is 14.5 Å². The molecule has 0 amide bonds. The number of para-hydroxylation sites is 1. The molecule has 0 spiro atoms. The van der Waals surface area contributed by atoms with Gasteiger partial charge in [-0.25, -0.2) is 0 Å². The topological polar surface area (TPSA) is 80.5 Å². The maximum absolute atomic E-state index is 5.48. The highest BCUT2D eigenvalue weighted by Crippen LogP contribution is 2.27. The molecule has 3 aromatic rings. The van der Waals surface area contributed by atoms with Gasteiger partial charge in [0.15, 0.2) is 5.01 Å². The fourth-order valence-corrected chi connectivity index (χ4v) is 2.05. The van der Waals surface area contributed by atoms with Crippen molar-refractivity contribution in [3.05, 3.63) is 24.3 Å². The fraction of sp³-hybridized carbons (Fsp3) is 0. The minimum Gasteiger partial charge on any atom is -0.367 e. The third-order valence-electron chi connectivity index (χ3n) is 2.11. The minimum atomic E-state index is 0.294. The molecule has 2 heterocycles. The number of fused-ring (bicyclic) bond motifs is 1. The predicted octanol–water partition coefficient (Wildman–Crippen LogP) is 1.66. The lowest BCUT2D eigenvalue weighted by Crippen LogP contribution is -1.85. The fourth-order valence-electron chi connectivity index (χ4n) is 1.46. The van der Waals surface area contributed by atoms with Crippen molar-refractivity contribution in [2.24, 2.45) is 0 Å². The first kappa shape index (κ1) is 8.37. The number of nitrogens with zero attached hydrogens (tertiary/aromatic N) is 3. The van der Waals surface area contributed by atoms with Crippen molar-refractivity contribution in [3.8, 4) is 10.7 Å². The molecule has 15 heavy (non-hydrogen) atoms. The summed E-state index contributed by atoms with van der Waals surface area (Å²) in [6.07, 6.45) is 0. The molecule has 5 nitrogen and oxygen atoms in total. The van der Waals surface area contributed by atoms with Gasteiger partial charge in [0.1, 0.15) is 5.69 Å². The molecule has 0 aliphatic carbocycles. The lowest BCUT2D eigenvalue weighted by atomic mass is 10.2. The molecule has 3 rings (SSSR count). The Bertz CT molecular complexity index is 612. The zero-order valence-electron chi connectivity index (χ0n) is 7.64. The van der Waals surface area contributed by atoms with E-state index in [1.165, 1.54) is 11.5 Å². The molecular formula is C9H7N5S. The van der Waals surface area contributed by atoms with E-state index in [2.05, 4.69) is 19.6 Å². The molecule has 74 valence electrons. The Balaban J connectivity index is 2.27. The van der Waals surface area contributed by atoms with E-state index < -0.39 is 0 Å². The molecule has 0 unspecified atom stereocenters. The van der Waals surface area contributed by atoms with Crippen LogP contribution in [0.15, 0.2) is 24.3 Å². The summed E-state index contributed by atoms with van der Waals surface area (Å²) in [5.41, 5.74) is 7.27. The van der Waals surface area contributed by atoms with Gasteiger partial charge >= 0.3 is 0 Å². The molecule has 0 fully saturated rings. The van der Waals surface area contributed by atoms with Crippen LogP contribution in [0.3, 0.4) is 0 Å². The predicted molar refractivity (Wildman–Crippen MR) is 59.4 cm³/mol. The van der Waals surface area contributed by atoms with E-state index in [1.54, 1.807) is 0 Å². The van der Waals surface area contributed by atoms with Gasteiger partial charge in [0.2, 0.25) is 5.95 Å². The third-order valence-corrected chi connectivity index (χ3v) is 2.85. The lowest BCUT2D eigenvalue weighted by Gasteiger charge is -1.89. The van der Waals surface area contributed by atoms with Crippen LogP contribution in [0.2, 0.25) is 0 Å². The third kappa shape index (κ3) is 1.26. The van der Waals surface area contributed by atoms with E-state index in [0.717, 1.165) is 21.6 Å². The maximum atomic E-state index is 5.48. The normalized spacial score (nSPS) is 10.9. The first-order chi connectivity index (χ1) is 7.34. The van der Waals surface area contributed by atoms with Crippen molar-refractivity contribution < 1.29 is 0 Å². The largest absolute Gasteiger partial charge is 0.367 e. The van der Waals surface area contributed by atoms with Crippen LogP contribution < -0.4 is 5.73 Å². The second kappa shape index (κ2) is 3.03. The summed E-state index contributed by atoms with van der Waals surface area (Å²) < 4.78 is 3.93. The van der Waals surface area contributed by atoms with Crippen molar-refractivity contribution in [3.63, 3.8) is 0 Å². The van der Waals surface area contributed by atoms with Gasteiger partial charge in [-0.3, -0.25) is 5.10 Å². The summed E-state index contributed by atoms with van der Waals surface area (Å²) in [5.74, 6) is 0.294. The van der Waals surface area contributed by atoms with Crippen molar-refractivity contribution in [2.75, 3.05) is 5.73 Å².